The van der Waals surface area contributed by atoms with E-state index in [0.29, 0.717) is 33.8 Å². The maximum Gasteiger partial charge on any atom is 0.340 e. The highest BCUT2D eigenvalue weighted by molar-refractivity contribution is 6.14. The van der Waals surface area contributed by atoms with Gasteiger partial charge in [-0.25, -0.2) is 4.79 Å². The zero-order valence-electron chi connectivity index (χ0n) is 14.5. The molecule has 0 aliphatic rings. The molecular formula is C19H18N2O4. The third kappa shape index (κ3) is 3.61. The van der Waals surface area contributed by atoms with Crippen LogP contribution in [-0.4, -0.2) is 31.0 Å². The van der Waals surface area contributed by atoms with Crippen LogP contribution in [0.25, 0.3) is 6.08 Å². The number of aromatic nitrogens is 1. The van der Waals surface area contributed by atoms with Gasteiger partial charge in [0, 0.05) is 22.5 Å². The number of nitriles is 1. The molecule has 0 bridgehead atoms. The molecule has 1 aromatic carbocycles. The van der Waals surface area contributed by atoms with Crippen LogP contribution in [0.15, 0.2) is 29.8 Å². The summed E-state index contributed by atoms with van der Waals surface area (Å²) in [5.41, 5.74) is 2.37. The number of hydrogen-bond donors (Lipinski definition) is 1. The van der Waals surface area contributed by atoms with Gasteiger partial charge in [0.1, 0.15) is 17.4 Å². The number of H-pyrrole nitrogens is 1. The van der Waals surface area contributed by atoms with Crippen LogP contribution in [0.5, 0.6) is 5.75 Å². The van der Waals surface area contributed by atoms with Gasteiger partial charge in [0.25, 0.3) is 0 Å². The van der Waals surface area contributed by atoms with E-state index in [1.54, 1.807) is 38.1 Å². The highest BCUT2D eigenvalue weighted by Gasteiger charge is 2.21. The minimum atomic E-state index is -0.526. The number of carbonyl (C=O) groups excluding carboxylic acids is 2. The van der Waals surface area contributed by atoms with Crippen LogP contribution < -0.4 is 4.74 Å². The fourth-order valence-corrected chi connectivity index (χ4v) is 2.54. The van der Waals surface area contributed by atoms with Crippen LogP contribution in [0, 0.1) is 25.2 Å². The SMILES string of the molecule is COC(=O)c1c(C)[nH]c(C)c1/C=C(\C#N)C(=O)c1ccc(OC)cc1. The molecule has 0 radical (unpaired) electrons. The number of Topliss-reactive ketones (excluding diaryl/α,β-unsaturated/α-hetero) is 1. The molecule has 2 rings (SSSR count). The van der Waals surface area contributed by atoms with Gasteiger partial charge in [0.15, 0.2) is 0 Å². The van der Waals surface area contributed by atoms with Crippen molar-refractivity contribution in [1.82, 2.24) is 4.98 Å². The lowest BCUT2D eigenvalue weighted by molar-refractivity contribution is 0.0599. The summed E-state index contributed by atoms with van der Waals surface area (Å²) < 4.78 is 9.84. The van der Waals surface area contributed by atoms with Gasteiger partial charge in [0.2, 0.25) is 5.78 Å². The Morgan fingerprint density at radius 3 is 2.28 bits per heavy atom. The monoisotopic (exact) mass is 338 g/mol. The van der Waals surface area contributed by atoms with Crippen molar-refractivity contribution < 1.29 is 19.1 Å². The van der Waals surface area contributed by atoms with Crippen molar-refractivity contribution in [2.45, 2.75) is 13.8 Å². The average Bonchev–Trinajstić information content (AvgIpc) is 2.91. The quantitative estimate of drug-likeness (QED) is 0.391. The number of ketones is 1. The van der Waals surface area contributed by atoms with Gasteiger partial charge < -0.3 is 14.5 Å². The number of benzene rings is 1. The van der Waals surface area contributed by atoms with E-state index < -0.39 is 11.8 Å². The summed E-state index contributed by atoms with van der Waals surface area (Å²) in [5.74, 6) is -0.342. The summed E-state index contributed by atoms with van der Waals surface area (Å²) in [6.07, 6.45) is 1.41. The van der Waals surface area contributed by atoms with Crippen molar-refractivity contribution in [2.75, 3.05) is 14.2 Å². The van der Waals surface area contributed by atoms with Crippen LogP contribution >= 0.6 is 0 Å². The zero-order chi connectivity index (χ0) is 18.6. The van der Waals surface area contributed by atoms with Gasteiger partial charge in [-0.3, -0.25) is 4.79 Å². The number of rotatable bonds is 5. The van der Waals surface area contributed by atoms with E-state index in [4.69, 9.17) is 9.47 Å². The lowest BCUT2D eigenvalue weighted by Crippen LogP contribution is -2.06. The Morgan fingerprint density at radius 1 is 1.12 bits per heavy atom. The van der Waals surface area contributed by atoms with E-state index in [0.717, 1.165) is 0 Å². The minimum Gasteiger partial charge on any atom is -0.497 e. The first-order valence-corrected chi connectivity index (χ1v) is 7.51. The number of nitrogens with one attached hydrogen (secondary N) is 1. The number of aromatic amines is 1. The van der Waals surface area contributed by atoms with Crippen LogP contribution in [0.4, 0.5) is 0 Å². The predicted octanol–water partition coefficient (Wildman–Crippen LogP) is 3.22. The van der Waals surface area contributed by atoms with E-state index in [1.165, 1.54) is 20.3 Å². The second-order valence-corrected chi connectivity index (χ2v) is 5.38. The van der Waals surface area contributed by atoms with Crippen molar-refractivity contribution in [2.24, 2.45) is 0 Å². The molecule has 0 unspecified atom stereocenters. The molecule has 0 saturated heterocycles. The second kappa shape index (κ2) is 7.49. The van der Waals surface area contributed by atoms with Crippen molar-refractivity contribution in [3.63, 3.8) is 0 Å². The lowest BCUT2D eigenvalue weighted by Gasteiger charge is -2.04. The standard InChI is InChI=1S/C19H18N2O4/c1-11-16(17(12(2)21-11)19(23)25-4)9-14(10-20)18(22)13-5-7-15(24-3)8-6-13/h5-9,21H,1-4H3/b14-9+. The molecule has 0 aliphatic heterocycles. The molecule has 0 saturated carbocycles. The van der Waals surface area contributed by atoms with E-state index in [9.17, 15) is 14.9 Å². The Balaban J connectivity index is 2.49. The summed E-state index contributed by atoms with van der Waals surface area (Å²) in [7, 11) is 2.81. The molecule has 1 heterocycles. The number of aryl methyl sites for hydroxylation is 2. The molecule has 0 aliphatic carbocycles. The Bertz CT molecular complexity index is 883. The smallest absolute Gasteiger partial charge is 0.340 e. The zero-order valence-corrected chi connectivity index (χ0v) is 14.5. The van der Waals surface area contributed by atoms with Crippen LogP contribution in [0.3, 0.4) is 0 Å². The van der Waals surface area contributed by atoms with Gasteiger partial charge in [-0.05, 0) is 44.2 Å². The topological polar surface area (TPSA) is 92.2 Å². The third-order valence-corrected chi connectivity index (χ3v) is 3.82. The van der Waals surface area contributed by atoms with Gasteiger partial charge in [-0.1, -0.05) is 0 Å². The van der Waals surface area contributed by atoms with Gasteiger partial charge >= 0.3 is 5.97 Å². The van der Waals surface area contributed by atoms with E-state index >= 15 is 0 Å². The molecule has 0 atom stereocenters. The molecule has 6 nitrogen and oxygen atoms in total. The first-order valence-electron chi connectivity index (χ1n) is 7.51. The van der Waals surface area contributed by atoms with Crippen molar-refractivity contribution in [1.29, 1.82) is 5.26 Å². The van der Waals surface area contributed by atoms with Crippen molar-refractivity contribution in [3.05, 3.63) is 57.9 Å². The van der Waals surface area contributed by atoms with Crippen molar-refractivity contribution in [3.8, 4) is 11.8 Å². The second-order valence-electron chi connectivity index (χ2n) is 5.38. The molecule has 2 aromatic rings. The summed E-state index contributed by atoms with van der Waals surface area (Å²) in [4.78, 5) is 27.6. The van der Waals surface area contributed by atoms with E-state index in [1.807, 2.05) is 6.07 Å². The van der Waals surface area contributed by atoms with Gasteiger partial charge in [-0.2, -0.15) is 5.26 Å². The van der Waals surface area contributed by atoms with Crippen molar-refractivity contribution >= 4 is 17.8 Å². The number of methoxy groups -OCH3 is 2. The summed E-state index contributed by atoms with van der Waals surface area (Å²) >= 11 is 0. The Hall–Kier alpha value is -3.33. The Kier molecular flexibility index (Phi) is 5.40. The van der Waals surface area contributed by atoms with Crippen LogP contribution in [0.2, 0.25) is 0 Å². The predicted molar refractivity (Wildman–Crippen MR) is 92.5 cm³/mol. The number of hydrogen-bond acceptors (Lipinski definition) is 5. The minimum absolute atomic E-state index is 0.0718. The molecule has 0 spiro atoms. The van der Waals surface area contributed by atoms with Gasteiger partial charge in [0.05, 0.1) is 19.8 Å². The Morgan fingerprint density at radius 2 is 1.76 bits per heavy atom. The maximum absolute atomic E-state index is 12.6. The maximum atomic E-state index is 12.6. The fourth-order valence-electron chi connectivity index (χ4n) is 2.54. The molecule has 25 heavy (non-hydrogen) atoms. The number of carbonyl (C=O) groups is 2. The number of nitrogens with zero attached hydrogens (tertiary/aromatic N) is 1. The molecule has 6 heteroatoms. The first kappa shape index (κ1) is 18.0. The highest BCUT2D eigenvalue weighted by atomic mass is 16.5. The average molecular weight is 338 g/mol. The van der Waals surface area contributed by atoms with E-state index in [2.05, 4.69) is 4.98 Å². The molecule has 1 N–H and O–H groups in total. The first-order chi connectivity index (χ1) is 11.9. The highest BCUT2D eigenvalue weighted by Crippen LogP contribution is 2.23. The van der Waals surface area contributed by atoms with Crippen LogP contribution in [-0.2, 0) is 4.74 Å². The summed E-state index contributed by atoms with van der Waals surface area (Å²) in [6, 6.07) is 8.38. The summed E-state index contributed by atoms with van der Waals surface area (Å²) in [6.45, 7) is 3.49. The molecule has 0 amide bonds. The molecule has 0 fully saturated rings. The molecule has 1 aromatic heterocycles. The number of allylic oxidation sites excluding steroid dienone is 1. The number of esters is 1. The van der Waals surface area contributed by atoms with Crippen LogP contribution in [0.1, 0.15) is 37.7 Å². The summed E-state index contributed by atoms with van der Waals surface area (Å²) in [5, 5.41) is 9.41. The molecule has 128 valence electrons. The van der Waals surface area contributed by atoms with E-state index in [-0.39, 0.29) is 5.57 Å². The normalized spacial score (nSPS) is 10.9. The van der Waals surface area contributed by atoms with Gasteiger partial charge in [-0.15, -0.1) is 0 Å². The third-order valence-electron chi connectivity index (χ3n) is 3.82. The molecular weight excluding hydrogens is 320 g/mol. The fraction of sp³-hybridized carbons (Fsp3) is 0.211. The lowest BCUT2D eigenvalue weighted by atomic mass is 10.00. The Labute approximate surface area is 145 Å². The number of ether oxygens (including phenoxy) is 2. The largest absolute Gasteiger partial charge is 0.497 e.